The van der Waals surface area contributed by atoms with Crippen molar-refractivity contribution >= 4 is 22.6 Å². The van der Waals surface area contributed by atoms with Crippen LogP contribution in [0.4, 0.5) is 5.82 Å². The standard InChI is InChI=1S/C18H16N8/c19-8-11-1-4-15(21-9-11)23-13-3-2-12(7-13)18-25-24-16-10-22-17-14(26(16)18)5-6-20-17/h1,4-6,9-10,12-13,20H,2-3,7H2,(H,21,23)/t12-,13-/m1/s1. The van der Waals surface area contributed by atoms with Crippen LogP contribution in [0.3, 0.4) is 0 Å². The zero-order valence-electron chi connectivity index (χ0n) is 13.9. The van der Waals surface area contributed by atoms with Crippen LogP contribution in [-0.2, 0) is 0 Å². The highest BCUT2D eigenvalue weighted by atomic mass is 15.3. The van der Waals surface area contributed by atoms with E-state index < -0.39 is 0 Å². The lowest BCUT2D eigenvalue weighted by Gasteiger charge is -2.13. The van der Waals surface area contributed by atoms with Gasteiger partial charge in [-0.3, -0.25) is 4.40 Å². The fourth-order valence-corrected chi connectivity index (χ4v) is 3.76. The summed E-state index contributed by atoms with van der Waals surface area (Å²) in [5, 5.41) is 21.1. The normalized spacial score (nSPS) is 19.8. The summed E-state index contributed by atoms with van der Waals surface area (Å²) in [6, 6.07) is 8.06. The number of aromatic amines is 1. The lowest BCUT2D eigenvalue weighted by molar-refractivity contribution is 0.651. The van der Waals surface area contributed by atoms with Crippen molar-refractivity contribution in [2.75, 3.05) is 5.32 Å². The molecule has 8 heteroatoms. The van der Waals surface area contributed by atoms with E-state index in [1.807, 2.05) is 18.3 Å². The number of fused-ring (bicyclic) bond motifs is 3. The maximum Gasteiger partial charge on any atom is 0.179 e. The first-order valence-corrected chi connectivity index (χ1v) is 8.61. The average Bonchev–Trinajstić information content (AvgIpc) is 3.40. The SMILES string of the molecule is N#Cc1ccc(N[C@@H]2CC[C@@H](c3nnc4cnc5[nH]ccc5n34)C2)nc1. The van der Waals surface area contributed by atoms with Crippen molar-refractivity contribution in [1.82, 2.24) is 29.5 Å². The molecule has 0 aromatic carbocycles. The van der Waals surface area contributed by atoms with Gasteiger partial charge in [0, 0.05) is 24.4 Å². The van der Waals surface area contributed by atoms with E-state index in [0.29, 0.717) is 17.5 Å². The quantitative estimate of drug-likeness (QED) is 0.591. The van der Waals surface area contributed by atoms with Gasteiger partial charge in [0.1, 0.15) is 17.7 Å². The Morgan fingerprint density at radius 3 is 2.96 bits per heavy atom. The number of hydrogen-bond donors (Lipinski definition) is 2. The molecular weight excluding hydrogens is 328 g/mol. The molecule has 1 saturated carbocycles. The van der Waals surface area contributed by atoms with Gasteiger partial charge in [0.25, 0.3) is 0 Å². The van der Waals surface area contributed by atoms with E-state index in [0.717, 1.165) is 47.7 Å². The fourth-order valence-electron chi connectivity index (χ4n) is 3.76. The molecule has 5 rings (SSSR count). The Bertz CT molecular complexity index is 1120. The molecule has 2 atom stereocenters. The van der Waals surface area contributed by atoms with E-state index in [-0.39, 0.29) is 0 Å². The summed E-state index contributed by atoms with van der Waals surface area (Å²) in [4.78, 5) is 11.8. The summed E-state index contributed by atoms with van der Waals surface area (Å²) in [6.45, 7) is 0. The second-order valence-electron chi connectivity index (χ2n) is 6.62. The van der Waals surface area contributed by atoms with E-state index in [4.69, 9.17) is 5.26 Å². The molecule has 1 fully saturated rings. The highest BCUT2D eigenvalue weighted by Gasteiger charge is 2.30. The number of H-pyrrole nitrogens is 1. The van der Waals surface area contributed by atoms with Crippen molar-refractivity contribution in [3.63, 3.8) is 0 Å². The fraction of sp³-hybridized carbons (Fsp3) is 0.278. The molecule has 0 saturated heterocycles. The Hall–Kier alpha value is -3.47. The Morgan fingerprint density at radius 1 is 1.15 bits per heavy atom. The number of rotatable bonds is 3. The third-order valence-electron chi connectivity index (χ3n) is 5.01. The van der Waals surface area contributed by atoms with Crippen molar-refractivity contribution in [2.45, 2.75) is 31.2 Å². The number of nitrogens with one attached hydrogen (secondary N) is 2. The Morgan fingerprint density at radius 2 is 2.12 bits per heavy atom. The van der Waals surface area contributed by atoms with Gasteiger partial charge in [-0.05, 0) is 37.5 Å². The van der Waals surface area contributed by atoms with E-state index in [1.165, 1.54) is 0 Å². The summed E-state index contributed by atoms with van der Waals surface area (Å²) in [6.07, 6.45) is 8.29. The number of nitriles is 1. The smallest absolute Gasteiger partial charge is 0.179 e. The molecule has 4 heterocycles. The van der Waals surface area contributed by atoms with Gasteiger partial charge >= 0.3 is 0 Å². The second-order valence-corrected chi connectivity index (χ2v) is 6.62. The molecule has 1 aliphatic rings. The number of pyridine rings is 1. The molecule has 0 unspecified atom stereocenters. The molecule has 1 aliphatic carbocycles. The zero-order valence-corrected chi connectivity index (χ0v) is 13.9. The third kappa shape index (κ3) is 2.37. The molecule has 0 amide bonds. The largest absolute Gasteiger partial charge is 0.367 e. The molecular formula is C18H16N8. The first kappa shape index (κ1) is 14.8. The van der Waals surface area contributed by atoms with E-state index in [1.54, 1.807) is 18.5 Å². The van der Waals surface area contributed by atoms with Crippen molar-refractivity contribution in [3.05, 3.63) is 48.2 Å². The monoisotopic (exact) mass is 344 g/mol. The minimum atomic E-state index is 0.330. The lowest BCUT2D eigenvalue weighted by atomic mass is 10.1. The zero-order chi connectivity index (χ0) is 17.5. The minimum Gasteiger partial charge on any atom is -0.367 e. The summed E-state index contributed by atoms with van der Waals surface area (Å²) in [5.41, 5.74) is 3.19. The summed E-state index contributed by atoms with van der Waals surface area (Å²) < 4.78 is 2.10. The van der Waals surface area contributed by atoms with E-state index in [2.05, 4.69) is 40.9 Å². The van der Waals surface area contributed by atoms with Crippen molar-refractivity contribution in [1.29, 1.82) is 5.26 Å². The van der Waals surface area contributed by atoms with Crippen molar-refractivity contribution in [3.8, 4) is 6.07 Å². The third-order valence-corrected chi connectivity index (χ3v) is 5.01. The Balaban J connectivity index is 1.39. The molecule has 128 valence electrons. The molecule has 0 radical (unpaired) electrons. The summed E-state index contributed by atoms with van der Waals surface area (Å²) in [7, 11) is 0. The van der Waals surface area contributed by atoms with Gasteiger partial charge in [0.2, 0.25) is 0 Å². The minimum absolute atomic E-state index is 0.330. The van der Waals surface area contributed by atoms with Gasteiger partial charge in [0.15, 0.2) is 11.3 Å². The van der Waals surface area contributed by atoms with Crippen LogP contribution in [0.1, 0.15) is 36.6 Å². The molecule has 0 spiro atoms. The summed E-state index contributed by atoms with van der Waals surface area (Å²) >= 11 is 0. The molecule has 4 aromatic heterocycles. The summed E-state index contributed by atoms with van der Waals surface area (Å²) in [5.74, 6) is 2.13. The molecule has 8 nitrogen and oxygen atoms in total. The lowest BCUT2D eigenvalue weighted by Crippen LogP contribution is -2.16. The molecule has 0 bridgehead atoms. The van der Waals surface area contributed by atoms with Gasteiger partial charge < -0.3 is 10.3 Å². The number of nitrogens with zero attached hydrogens (tertiary/aromatic N) is 6. The molecule has 0 aliphatic heterocycles. The number of hydrogen-bond acceptors (Lipinski definition) is 6. The predicted octanol–water partition coefficient (Wildman–Crippen LogP) is 2.62. The highest BCUT2D eigenvalue weighted by molar-refractivity contribution is 5.74. The van der Waals surface area contributed by atoms with Gasteiger partial charge in [-0.15, -0.1) is 10.2 Å². The van der Waals surface area contributed by atoms with Gasteiger partial charge in [0.05, 0.1) is 17.3 Å². The first-order valence-electron chi connectivity index (χ1n) is 8.61. The van der Waals surface area contributed by atoms with Crippen LogP contribution in [0.2, 0.25) is 0 Å². The topological polar surface area (TPSA) is 108 Å². The molecule has 4 aromatic rings. The highest BCUT2D eigenvalue weighted by Crippen LogP contribution is 2.35. The predicted molar refractivity (Wildman–Crippen MR) is 95.6 cm³/mol. The Labute approximate surface area is 148 Å². The molecule has 2 N–H and O–H groups in total. The Kier molecular flexibility index (Phi) is 3.31. The maximum atomic E-state index is 8.87. The van der Waals surface area contributed by atoms with Crippen LogP contribution in [-0.4, -0.2) is 35.6 Å². The van der Waals surface area contributed by atoms with E-state index >= 15 is 0 Å². The average molecular weight is 344 g/mol. The van der Waals surface area contributed by atoms with Crippen LogP contribution < -0.4 is 5.32 Å². The van der Waals surface area contributed by atoms with Crippen LogP contribution in [0.25, 0.3) is 16.8 Å². The first-order chi connectivity index (χ1) is 12.8. The van der Waals surface area contributed by atoms with E-state index in [9.17, 15) is 0 Å². The van der Waals surface area contributed by atoms with Gasteiger partial charge in [-0.1, -0.05) is 0 Å². The maximum absolute atomic E-state index is 8.87. The number of aromatic nitrogens is 6. The van der Waals surface area contributed by atoms with Gasteiger partial charge in [-0.2, -0.15) is 5.26 Å². The van der Waals surface area contributed by atoms with Crippen LogP contribution in [0, 0.1) is 11.3 Å². The van der Waals surface area contributed by atoms with Crippen LogP contribution in [0.15, 0.2) is 36.8 Å². The van der Waals surface area contributed by atoms with Crippen molar-refractivity contribution < 1.29 is 0 Å². The van der Waals surface area contributed by atoms with Crippen molar-refractivity contribution in [2.24, 2.45) is 0 Å². The van der Waals surface area contributed by atoms with Crippen LogP contribution in [0.5, 0.6) is 0 Å². The van der Waals surface area contributed by atoms with Gasteiger partial charge in [-0.25, -0.2) is 9.97 Å². The van der Waals surface area contributed by atoms with Crippen LogP contribution >= 0.6 is 0 Å². The second kappa shape index (κ2) is 5.81. The number of anilines is 1. The molecule has 26 heavy (non-hydrogen) atoms.